The Kier molecular flexibility index (Phi) is 2.32. The molecule has 2 bridgehead atoms. The largest absolute Gasteiger partial charge is 0.481 e. The number of nitrogens with zero attached hydrogens (tertiary/aromatic N) is 1. The van der Waals surface area contributed by atoms with Crippen LogP contribution in [0.5, 0.6) is 0 Å². The highest BCUT2D eigenvalue weighted by molar-refractivity contribution is 5.90. The van der Waals surface area contributed by atoms with Crippen LogP contribution in [0.3, 0.4) is 0 Å². The number of carboxylic acid groups (broad SMARTS) is 1. The van der Waals surface area contributed by atoms with Crippen molar-refractivity contribution in [3.05, 3.63) is 12.2 Å². The molecule has 98 valence electrons. The van der Waals surface area contributed by atoms with Gasteiger partial charge < -0.3 is 14.7 Å². The molecule has 18 heavy (non-hydrogen) atoms. The number of aliphatic carboxylic acids is 1. The molecule has 1 spiro atoms. The first-order chi connectivity index (χ1) is 8.50. The summed E-state index contributed by atoms with van der Waals surface area (Å²) in [6, 6.07) is 0.128. The predicted octanol–water partition coefficient (Wildman–Crippen LogP) is 0.651. The lowest BCUT2D eigenvalue weighted by atomic mass is 9.77. The molecule has 0 unspecified atom stereocenters. The number of carbonyl (C=O) groups excluding carboxylic acids is 1. The molecule has 1 amide bonds. The second-order valence-corrected chi connectivity index (χ2v) is 5.46. The molecule has 5 heteroatoms. The average Bonchev–Trinajstić information content (AvgIpc) is 2.96. The summed E-state index contributed by atoms with van der Waals surface area (Å²) in [6.07, 6.45) is 4.11. The van der Waals surface area contributed by atoms with Gasteiger partial charge in [-0.1, -0.05) is 19.1 Å². The highest BCUT2D eigenvalue weighted by atomic mass is 16.5. The Hall–Kier alpha value is -1.36. The number of hydrogen-bond donors (Lipinski definition) is 1. The zero-order valence-electron chi connectivity index (χ0n) is 10.5. The normalized spacial score (nSPS) is 42.4. The molecule has 3 aliphatic rings. The molecule has 0 aromatic carbocycles. The second kappa shape index (κ2) is 3.57. The number of fused-ring (bicyclic) bond motifs is 1. The van der Waals surface area contributed by atoms with Gasteiger partial charge in [0.2, 0.25) is 5.91 Å². The monoisotopic (exact) mass is 251 g/mol. The van der Waals surface area contributed by atoms with Crippen molar-refractivity contribution < 1.29 is 19.4 Å². The summed E-state index contributed by atoms with van der Waals surface area (Å²) < 4.78 is 5.80. The van der Waals surface area contributed by atoms with Crippen LogP contribution in [0.1, 0.15) is 20.3 Å². The molecular weight excluding hydrogens is 234 g/mol. The highest BCUT2D eigenvalue weighted by Crippen LogP contribution is 2.52. The van der Waals surface area contributed by atoms with Crippen molar-refractivity contribution >= 4 is 11.9 Å². The zero-order valence-corrected chi connectivity index (χ0v) is 10.5. The minimum atomic E-state index is -0.935. The molecule has 3 rings (SSSR count). The van der Waals surface area contributed by atoms with E-state index in [1.165, 1.54) is 0 Å². The Balaban J connectivity index is 1.97. The Morgan fingerprint density at radius 1 is 1.72 bits per heavy atom. The summed E-state index contributed by atoms with van der Waals surface area (Å²) in [6.45, 7) is 4.50. The number of ether oxygens (including phenoxy) is 1. The predicted molar refractivity (Wildman–Crippen MR) is 62.8 cm³/mol. The fourth-order valence-electron chi connectivity index (χ4n) is 3.40. The standard InChI is InChI=1S/C13H17NO4/c1-3-7(2)14-6-13-5-4-8(18-13)9(12(16)17)10(13)11(14)15/h4-5,7-10H,3,6H2,1-2H3,(H,16,17)/t7-,8+,9-,10-,13-/m1/s1. The molecule has 2 saturated heterocycles. The summed E-state index contributed by atoms with van der Waals surface area (Å²) in [4.78, 5) is 25.5. The Bertz CT molecular complexity index is 446. The first-order valence-corrected chi connectivity index (χ1v) is 6.40. The van der Waals surface area contributed by atoms with Crippen LogP contribution >= 0.6 is 0 Å². The maximum absolute atomic E-state index is 12.4. The molecule has 0 aromatic heterocycles. The van der Waals surface area contributed by atoms with E-state index in [1.807, 2.05) is 19.9 Å². The Morgan fingerprint density at radius 2 is 2.44 bits per heavy atom. The third-order valence-corrected chi connectivity index (χ3v) is 4.54. The van der Waals surface area contributed by atoms with E-state index in [2.05, 4.69) is 0 Å². The van der Waals surface area contributed by atoms with Gasteiger partial charge in [0.05, 0.1) is 18.6 Å². The third kappa shape index (κ3) is 1.25. The molecule has 0 radical (unpaired) electrons. The molecule has 0 aliphatic carbocycles. The van der Waals surface area contributed by atoms with E-state index < -0.39 is 29.5 Å². The SMILES string of the molecule is CC[C@@H](C)N1C[C@@]23C=C[C@H](O2)[C@@H](C(=O)O)[C@@H]3C1=O. The number of rotatable bonds is 3. The van der Waals surface area contributed by atoms with Crippen LogP contribution in [-0.4, -0.2) is 46.2 Å². The van der Waals surface area contributed by atoms with Crippen molar-refractivity contribution in [1.82, 2.24) is 4.90 Å². The number of likely N-dealkylation sites (tertiary alicyclic amines) is 1. The van der Waals surface area contributed by atoms with Crippen molar-refractivity contribution in [3.63, 3.8) is 0 Å². The molecule has 5 atom stereocenters. The third-order valence-electron chi connectivity index (χ3n) is 4.54. The quantitative estimate of drug-likeness (QED) is 0.748. The highest BCUT2D eigenvalue weighted by Gasteiger charge is 2.67. The van der Waals surface area contributed by atoms with Crippen LogP contribution in [0.15, 0.2) is 12.2 Å². The summed E-state index contributed by atoms with van der Waals surface area (Å²) in [5.41, 5.74) is -0.686. The minimum Gasteiger partial charge on any atom is -0.481 e. The average molecular weight is 251 g/mol. The first-order valence-electron chi connectivity index (χ1n) is 6.40. The number of amides is 1. The van der Waals surface area contributed by atoms with Crippen molar-refractivity contribution in [3.8, 4) is 0 Å². The van der Waals surface area contributed by atoms with Crippen LogP contribution in [0.25, 0.3) is 0 Å². The van der Waals surface area contributed by atoms with Gasteiger partial charge in [0.1, 0.15) is 11.5 Å². The van der Waals surface area contributed by atoms with E-state index >= 15 is 0 Å². The summed E-state index contributed by atoms with van der Waals surface area (Å²) in [5, 5.41) is 9.29. The van der Waals surface area contributed by atoms with Crippen molar-refractivity contribution in [2.45, 2.75) is 38.0 Å². The molecule has 0 aromatic rings. The molecular formula is C13H17NO4. The van der Waals surface area contributed by atoms with Gasteiger partial charge in [-0.05, 0) is 13.3 Å². The fourth-order valence-corrected chi connectivity index (χ4v) is 3.40. The maximum atomic E-state index is 12.4. The minimum absolute atomic E-state index is 0.0661. The topological polar surface area (TPSA) is 66.8 Å². The van der Waals surface area contributed by atoms with Crippen LogP contribution in [0.4, 0.5) is 0 Å². The lowest BCUT2D eigenvalue weighted by Crippen LogP contribution is -2.40. The van der Waals surface area contributed by atoms with Crippen molar-refractivity contribution in [1.29, 1.82) is 0 Å². The fraction of sp³-hybridized carbons (Fsp3) is 0.692. The van der Waals surface area contributed by atoms with E-state index in [4.69, 9.17) is 4.74 Å². The van der Waals surface area contributed by atoms with Gasteiger partial charge in [0.25, 0.3) is 0 Å². The molecule has 3 heterocycles. The van der Waals surface area contributed by atoms with Crippen LogP contribution < -0.4 is 0 Å². The summed E-state index contributed by atoms with van der Waals surface area (Å²) in [7, 11) is 0. The zero-order chi connectivity index (χ0) is 13.1. The van der Waals surface area contributed by atoms with E-state index in [0.717, 1.165) is 6.42 Å². The lowest BCUT2D eigenvalue weighted by molar-refractivity contribution is -0.148. The van der Waals surface area contributed by atoms with Gasteiger partial charge in [-0.15, -0.1) is 0 Å². The van der Waals surface area contributed by atoms with E-state index in [1.54, 1.807) is 11.0 Å². The number of carbonyl (C=O) groups is 2. The van der Waals surface area contributed by atoms with E-state index in [9.17, 15) is 14.7 Å². The van der Waals surface area contributed by atoms with Crippen LogP contribution in [-0.2, 0) is 14.3 Å². The molecule has 3 aliphatic heterocycles. The summed E-state index contributed by atoms with van der Waals surface area (Å²) in [5.74, 6) is -2.27. The Morgan fingerprint density at radius 3 is 3.06 bits per heavy atom. The van der Waals surface area contributed by atoms with Crippen molar-refractivity contribution in [2.24, 2.45) is 11.8 Å². The second-order valence-electron chi connectivity index (χ2n) is 5.46. The molecule has 2 fully saturated rings. The number of carboxylic acids is 1. The van der Waals surface area contributed by atoms with Crippen LogP contribution in [0.2, 0.25) is 0 Å². The van der Waals surface area contributed by atoms with Gasteiger partial charge in [0.15, 0.2) is 0 Å². The molecule has 1 N–H and O–H groups in total. The van der Waals surface area contributed by atoms with Gasteiger partial charge in [-0.2, -0.15) is 0 Å². The van der Waals surface area contributed by atoms with E-state index in [-0.39, 0.29) is 11.9 Å². The maximum Gasteiger partial charge on any atom is 0.310 e. The number of hydrogen-bond acceptors (Lipinski definition) is 3. The first kappa shape index (κ1) is 11.7. The van der Waals surface area contributed by atoms with Gasteiger partial charge >= 0.3 is 5.97 Å². The summed E-state index contributed by atoms with van der Waals surface area (Å²) >= 11 is 0. The van der Waals surface area contributed by atoms with Gasteiger partial charge in [-0.25, -0.2) is 0 Å². The van der Waals surface area contributed by atoms with Crippen LogP contribution in [0, 0.1) is 11.8 Å². The van der Waals surface area contributed by atoms with E-state index in [0.29, 0.717) is 6.54 Å². The molecule has 0 saturated carbocycles. The van der Waals surface area contributed by atoms with Gasteiger partial charge in [-0.3, -0.25) is 9.59 Å². The van der Waals surface area contributed by atoms with Gasteiger partial charge in [0, 0.05) is 6.04 Å². The Labute approximate surface area is 105 Å². The molecule has 5 nitrogen and oxygen atoms in total. The lowest BCUT2D eigenvalue weighted by Gasteiger charge is -2.26. The smallest absolute Gasteiger partial charge is 0.310 e. The van der Waals surface area contributed by atoms with Crippen molar-refractivity contribution in [2.75, 3.05) is 6.54 Å².